The van der Waals surface area contributed by atoms with Gasteiger partial charge in [-0.05, 0) is 89.5 Å². The van der Waals surface area contributed by atoms with Crippen molar-refractivity contribution >= 4 is 34.9 Å². The van der Waals surface area contributed by atoms with Crippen LogP contribution >= 0.6 is 0 Å². The summed E-state index contributed by atoms with van der Waals surface area (Å²) in [5, 5.41) is 98.5. The Morgan fingerprint density at radius 2 is 0.688 bits per heavy atom. The van der Waals surface area contributed by atoms with Gasteiger partial charge in [-0.2, -0.15) is 0 Å². The number of rotatable bonds is 55. The van der Waals surface area contributed by atoms with Crippen molar-refractivity contribution in [2.45, 2.75) is 262 Å². The molecular formula is C66H119N3O24. The molecular weight excluding hydrogens is 1220 g/mol. The molecule has 3 rings (SSSR count). The minimum atomic E-state index is -1.21. The Bertz CT molecular complexity index is 1840. The molecule has 16 atom stereocenters. The van der Waals surface area contributed by atoms with Gasteiger partial charge in [-0.15, -0.1) is 0 Å². The molecule has 93 heavy (non-hydrogen) atoms. The van der Waals surface area contributed by atoms with Crippen molar-refractivity contribution in [2.24, 2.45) is 23.7 Å². The van der Waals surface area contributed by atoms with E-state index in [-0.39, 0.29) is 113 Å². The molecule has 3 aliphatic heterocycles. The Morgan fingerprint density at radius 3 is 1.03 bits per heavy atom. The molecule has 0 aromatic heterocycles. The van der Waals surface area contributed by atoms with Crippen LogP contribution in [0, 0.1) is 23.7 Å². The van der Waals surface area contributed by atoms with E-state index in [0.717, 1.165) is 6.42 Å². The maximum absolute atomic E-state index is 13.0. The van der Waals surface area contributed by atoms with Gasteiger partial charge in [0.2, 0.25) is 11.8 Å². The summed E-state index contributed by atoms with van der Waals surface area (Å²) in [4.78, 5) is 76.4. The highest BCUT2D eigenvalue weighted by molar-refractivity contribution is 5.80. The molecule has 27 heteroatoms. The fourth-order valence-corrected chi connectivity index (χ4v) is 11.0. The lowest BCUT2D eigenvalue weighted by atomic mass is 9.92. The predicted octanol–water partition coefficient (Wildman–Crippen LogP) is 1.78. The Morgan fingerprint density at radius 1 is 0.387 bits per heavy atom. The number of hydrogen-bond donors (Lipinski definition) is 12. The molecule has 0 aromatic carbocycles. The summed E-state index contributed by atoms with van der Waals surface area (Å²) < 4.78 is 52.4. The van der Waals surface area contributed by atoms with Gasteiger partial charge in [-0.3, -0.25) is 28.8 Å². The van der Waals surface area contributed by atoms with Crippen molar-refractivity contribution < 1.29 is 117 Å². The average molecular weight is 1340 g/mol. The molecule has 12 N–H and O–H groups in total. The average Bonchev–Trinajstić information content (AvgIpc) is 1.40. The monoisotopic (exact) mass is 1340 g/mol. The van der Waals surface area contributed by atoms with Crippen molar-refractivity contribution in [3.8, 4) is 0 Å². The molecule has 0 aromatic rings. The van der Waals surface area contributed by atoms with Gasteiger partial charge in [0.15, 0.2) is 18.9 Å². The summed E-state index contributed by atoms with van der Waals surface area (Å²) in [6.45, 7) is 10.7. The zero-order valence-corrected chi connectivity index (χ0v) is 56.3. The third-order valence-corrected chi connectivity index (χ3v) is 17.3. The Labute approximate surface area is 550 Å². The standard InChI is InChI=1S/C66H119N3O24/c1-44(2)37-69-66(41-85-34-26-50(75)20-8-6-7-19-48(73)23-11-16-31-88-63-45(3)57(79)60(82)52(38-70)91-63,42-86-35-27-51(76)22-10-15-29-67-55(77)25-13-18-33-90-65-47(5)59(81)62(84)54(40-72)93-65)43-87-36-28-56(78)68-30-14-9-21-49(74)24-12-17-32-89-64-46(4)58(80)61(83)53(39-71)92-64/h44-47,52-54,57-65,69-72,79-84H,6-43H2,1-5H3,(H,67,77)(H,68,78)/t45?,46?,47?,52?,53?,54?,57-,58-,59-,60+,61+,62+,63-,64-,65-,66?/m0/s1. The molecule has 27 nitrogen and oxygen atoms in total. The second-order valence-corrected chi connectivity index (χ2v) is 26.0. The minimum absolute atomic E-state index is 0.00658. The highest BCUT2D eigenvalue weighted by Crippen LogP contribution is 2.30. The molecule has 3 heterocycles. The third kappa shape index (κ3) is 33.8. The van der Waals surface area contributed by atoms with E-state index < -0.39 is 117 Å². The van der Waals surface area contributed by atoms with E-state index in [1.165, 1.54) is 0 Å². The summed E-state index contributed by atoms with van der Waals surface area (Å²) in [5.41, 5.74) is -0.904. The van der Waals surface area contributed by atoms with Crippen LogP contribution in [-0.4, -0.2) is 259 Å². The lowest BCUT2D eigenvalue weighted by Crippen LogP contribution is -2.57. The van der Waals surface area contributed by atoms with E-state index in [1.54, 1.807) is 20.8 Å². The van der Waals surface area contributed by atoms with Gasteiger partial charge in [0.05, 0.1) is 83.3 Å². The maximum atomic E-state index is 13.0. The van der Waals surface area contributed by atoms with Gasteiger partial charge in [0.1, 0.15) is 59.8 Å². The van der Waals surface area contributed by atoms with Gasteiger partial charge in [0.25, 0.3) is 0 Å². The maximum Gasteiger partial charge on any atom is 0.222 e. The van der Waals surface area contributed by atoms with Crippen LogP contribution in [0.3, 0.4) is 0 Å². The van der Waals surface area contributed by atoms with E-state index in [4.69, 9.17) is 42.6 Å². The van der Waals surface area contributed by atoms with E-state index >= 15 is 0 Å². The van der Waals surface area contributed by atoms with E-state index in [9.17, 15) is 74.7 Å². The largest absolute Gasteiger partial charge is 0.394 e. The van der Waals surface area contributed by atoms with Crippen LogP contribution in [0.4, 0.5) is 0 Å². The second-order valence-electron chi connectivity index (χ2n) is 26.0. The predicted molar refractivity (Wildman–Crippen MR) is 339 cm³/mol. The van der Waals surface area contributed by atoms with Crippen LogP contribution in [0.1, 0.15) is 182 Å². The van der Waals surface area contributed by atoms with Gasteiger partial charge >= 0.3 is 0 Å². The number of unbranched alkanes of at least 4 members (excludes halogenated alkanes) is 7. The number of carbonyl (C=O) groups excluding carboxylic acids is 6. The number of ether oxygens (including phenoxy) is 9. The Hall–Kier alpha value is -3.14. The lowest BCUT2D eigenvalue weighted by Gasteiger charge is -2.40. The number of aliphatic hydroxyl groups excluding tert-OH is 9. The molecule has 7 unspecified atom stereocenters. The third-order valence-electron chi connectivity index (χ3n) is 17.3. The van der Waals surface area contributed by atoms with Crippen LogP contribution in [-0.2, 0) is 71.4 Å². The highest BCUT2D eigenvalue weighted by Gasteiger charge is 2.45. The van der Waals surface area contributed by atoms with E-state index in [1.807, 2.05) is 13.8 Å². The van der Waals surface area contributed by atoms with Gasteiger partial charge < -0.3 is 105 Å². The molecule has 3 saturated heterocycles. The molecule has 0 radical (unpaired) electrons. The molecule has 0 aliphatic carbocycles. The van der Waals surface area contributed by atoms with Crippen molar-refractivity contribution in [2.75, 3.05) is 98.9 Å². The zero-order chi connectivity index (χ0) is 68.6. The quantitative estimate of drug-likeness (QED) is 0.0386. The second kappa shape index (κ2) is 48.6. The summed E-state index contributed by atoms with van der Waals surface area (Å²) in [5.74, 6) is -1.32. The molecule has 0 saturated carbocycles. The van der Waals surface area contributed by atoms with Crippen LogP contribution in [0.15, 0.2) is 0 Å². The number of amides is 2. The summed E-state index contributed by atoms with van der Waals surface area (Å²) >= 11 is 0. The van der Waals surface area contributed by atoms with Crippen LogP contribution in [0.5, 0.6) is 0 Å². The number of carbonyl (C=O) groups is 6. The first-order chi connectivity index (χ1) is 44.6. The number of ketones is 4. The number of nitrogens with one attached hydrogen (secondary N) is 3. The van der Waals surface area contributed by atoms with E-state index in [0.29, 0.717) is 148 Å². The topological polar surface area (TPSA) is 404 Å². The lowest BCUT2D eigenvalue weighted by molar-refractivity contribution is -0.282. The SMILES string of the molecule is CC(C)CNC(COCCC(=O)CCCCCC(=O)CCCCO[C@H]1OC(CO)[C@@H](O)[C@@H](O)C1C)(COCCC(=O)CCCCNC(=O)CCCCO[C@H]1OC(CO)[C@@H](O)[C@@H](O)C1C)COCCC(=O)NCCCCC(=O)CCCCO[C@H]1OC(CO)[C@@H](O)[C@@H](O)C1C. The van der Waals surface area contributed by atoms with Crippen LogP contribution < -0.4 is 16.0 Å². The summed E-state index contributed by atoms with van der Waals surface area (Å²) in [7, 11) is 0. The van der Waals surface area contributed by atoms with E-state index in [2.05, 4.69) is 16.0 Å². The van der Waals surface area contributed by atoms with Crippen molar-refractivity contribution in [1.82, 2.24) is 16.0 Å². The molecule has 0 spiro atoms. The molecule has 2 amide bonds. The molecule has 542 valence electrons. The molecule has 3 aliphatic rings. The van der Waals surface area contributed by atoms with Crippen molar-refractivity contribution in [3.05, 3.63) is 0 Å². The fraction of sp³-hybridized carbons (Fsp3) is 0.909. The Balaban J connectivity index is 1.38. The number of Topliss-reactive ketones (excluding diaryl/α,β-unsaturated/α-hetero) is 4. The van der Waals surface area contributed by atoms with Crippen LogP contribution in [0.2, 0.25) is 0 Å². The first-order valence-electron chi connectivity index (χ1n) is 34.4. The number of aliphatic hydroxyl groups is 9. The first kappa shape index (κ1) is 84.1. The van der Waals surface area contributed by atoms with Crippen molar-refractivity contribution in [3.63, 3.8) is 0 Å². The molecule has 0 bridgehead atoms. The summed E-state index contributed by atoms with van der Waals surface area (Å²) in [6.07, 6.45) is -1.19. The van der Waals surface area contributed by atoms with Gasteiger partial charge in [0, 0.05) is 115 Å². The highest BCUT2D eigenvalue weighted by atomic mass is 16.7. The summed E-state index contributed by atoms with van der Waals surface area (Å²) in [6, 6.07) is 0. The van der Waals surface area contributed by atoms with Gasteiger partial charge in [-0.1, -0.05) is 41.0 Å². The fourth-order valence-electron chi connectivity index (χ4n) is 11.0. The normalized spacial score (nSPS) is 27.2. The van der Waals surface area contributed by atoms with Gasteiger partial charge in [-0.25, -0.2) is 0 Å². The first-order valence-corrected chi connectivity index (χ1v) is 34.4. The Kier molecular flexibility index (Phi) is 43.9. The van der Waals surface area contributed by atoms with Crippen molar-refractivity contribution in [1.29, 1.82) is 0 Å². The zero-order valence-electron chi connectivity index (χ0n) is 56.3. The van der Waals surface area contributed by atoms with Crippen LogP contribution in [0.25, 0.3) is 0 Å². The smallest absolute Gasteiger partial charge is 0.222 e. The molecule has 3 fully saturated rings. The number of hydrogen-bond acceptors (Lipinski definition) is 25. The minimum Gasteiger partial charge on any atom is -0.394 e.